The number of unbranched alkanes of at least 4 members (excludes halogenated alkanes) is 4. The summed E-state index contributed by atoms with van der Waals surface area (Å²) < 4.78 is 14.7. The number of aliphatic hydroxyl groups is 1. The van der Waals surface area contributed by atoms with Crippen LogP contribution in [-0.2, 0) is 8.85 Å². The predicted molar refractivity (Wildman–Crippen MR) is 166 cm³/mol. The molecule has 216 valence electrons. The predicted octanol–water partition coefficient (Wildman–Crippen LogP) is 10.4. The molecular formula is C31H66O3Si2. The third kappa shape index (κ3) is 9.36. The lowest BCUT2D eigenvalue weighted by Crippen LogP contribution is -2.56. The van der Waals surface area contributed by atoms with E-state index < -0.39 is 16.6 Å². The second kappa shape index (κ2) is 16.9. The topological polar surface area (TPSA) is 38.7 Å². The molecule has 0 aliphatic rings. The number of hydrogen-bond donors (Lipinski definition) is 1. The van der Waals surface area contributed by atoms with Crippen molar-refractivity contribution in [1.82, 2.24) is 0 Å². The lowest BCUT2D eigenvalue weighted by atomic mass is 10.0. The second-order valence-electron chi connectivity index (χ2n) is 13.2. The van der Waals surface area contributed by atoms with Gasteiger partial charge in [-0.15, -0.1) is 6.58 Å². The summed E-state index contributed by atoms with van der Waals surface area (Å²) >= 11 is 0. The Morgan fingerprint density at radius 1 is 0.639 bits per heavy atom. The maximum atomic E-state index is 11.2. The van der Waals surface area contributed by atoms with Crippen LogP contribution >= 0.6 is 0 Å². The summed E-state index contributed by atoms with van der Waals surface area (Å²) in [6.45, 7) is 34.6. The van der Waals surface area contributed by atoms with E-state index in [1.54, 1.807) is 0 Å². The summed E-state index contributed by atoms with van der Waals surface area (Å²) in [5, 5.41) is 11.2. The van der Waals surface area contributed by atoms with E-state index in [1.807, 2.05) is 6.08 Å². The van der Waals surface area contributed by atoms with E-state index in [-0.39, 0.29) is 18.3 Å². The van der Waals surface area contributed by atoms with Crippen LogP contribution in [0.25, 0.3) is 0 Å². The van der Waals surface area contributed by atoms with E-state index in [0.29, 0.717) is 39.7 Å². The number of hydrogen-bond acceptors (Lipinski definition) is 3. The molecule has 1 N–H and O–H groups in total. The zero-order chi connectivity index (χ0) is 28.3. The molecule has 0 saturated carbocycles. The van der Waals surface area contributed by atoms with Crippen molar-refractivity contribution in [3.05, 3.63) is 12.7 Å². The van der Waals surface area contributed by atoms with E-state index >= 15 is 0 Å². The molecule has 0 aromatic rings. The largest absolute Gasteiger partial charge is 0.410 e. The molecule has 3 atom stereocenters. The van der Waals surface area contributed by atoms with Crippen LogP contribution in [0.5, 0.6) is 0 Å². The molecule has 0 radical (unpaired) electrons. The molecule has 0 aliphatic carbocycles. The van der Waals surface area contributed by atoms with Crippen molar-refractivity contribution in [3.63, 3.8) is 0 Å². The molecule has 36 heavy (non-hydrogen) atoms. The Labute approximate surface area is 229 Å². The van der Waals surface area contributed by atoms with Gasteiger partial charge in [-0.2, -0.15) is 0 Å². The Hall–Kier alpha value is 0.0538. The summed E-state index contributed by atoms with van der Waals surface area (Å²) in [6.07, 6.45) is 8.82. The molecule has 0 bridgehead atoms. The Kier molecular flexibility index (Phi) is 16.9. The summed E-state index contributed by atoms with van der Waals surface area (Å²) in [6, 6.07) is 0. The zero-order valence-corrected chi connectivity index (χ0v) is 28.7. The van der Waals surface area contributed by atoms with Gasteiger partial charge >= 0.3 is 0 Å². The summed E-state index contributed by atoms with van der Waals surface area (Å²) in [5.74, 6) is 0. The maximum Gasteiger partial charge on any atom is 0.201 e. The summed E-state index contributed by atoms with van der Waals surface area (Å²) in [5.41, 5.74) is 2.93. The fourth-order valence-electron chi connectivity index (χ4n) is 7.21. The quantitative estimate of drug-likeness (QED) is 0.0944. The Morgan fingerprint density at radius 3 is 1.39 bits per heavy atom. The number of rotatable bonds is 20. The minimum Gasteiger partial charge on any atom is -0.410 e. The molecule has 0 rings (SSSR count). The van der Waals surface area contributed by atoms with Crippen molar-refractivity contribution in [2.45, 2.75) is 187 Å². The van der Waals surface area contributed by atoms with Gasteiger partial charge in [0.05, 0.1) is 18.3 Å². The van der Waals surface area contributed by atoms with Crippen LogP contribution in [-0.4, -0.2) is 40.1 Å². The molecule has 0 aliphatic heterocycles. The Balaban J connectivity index is 6.27. The monoisotopic (exact) mass is 542 g/mol. The molecule has 0 fully saturated rings. The molecule has 0 aromatic carbocycles. The van der Waals surface area contributed by atoms with Crippen molar-refractivity contribution in [2.24, 2.45) is 0 Å². The summed E-state index contributed by atoms with van der Waals surface area (Å²) in [7, 11) is -4.31. The smallest absolute Gasteiger partial charge is 0.201 e. The highest BCUT2D eigenvalue weighted by atomic mass is 28.4. The lowest BCUT2D eigenvalue weighted by molar-refractivity contribution is 0.0159. The Morgan fingerprint density at radius 2 is 1.03 bits per heavy atom. The molecule has 3 nitrogen and oxygen atoms in total. The minimum absolute atomic E-state index is 0.157. The van der Waals surface area contributed by atoms with Crippen molar-refractivity contribution in [3.8, 4) is 0 Å². The minimum atomic E-state index is -2.17. The van der Waals surface area contributed by atoms with Gasteiger partial charge in [-0.05, 0) is 39.7 Å². The highest BCUT2D eigenvalue weighted by molar-refractivity contribution is 6.78. The first-order valence-electron chi connectivity index (χ1n) is 15.3. The molecule has 0 amide bonds. The van der Waals surface area contributed by atoms with Gasteiger partial charge < -0.3 is 14.0 Å². The van der Waals surface area contributed by atoms with E-state index in [4.69, 9.17) is 8.85 Å². The second-order valence-corrected chi connectivity index (χ2v) is 24.0. The fraction of sp³-hybridized carbons (Fsp3) is 0.935. The van der Waals surface area contributed by atoms with Gasteiger partial charge in [0.1, 0.15) is 0 Å². The molecular weight excluding hydrogens is 477 g/mol. The zero-order valence-electron chi connectivity index (χ0n) is 26.7. The van der Waals surface area contributed by atoms with Crippen molar-refractivity contribution < 1.29 is 14.0 Å². The first-order valence-corrected chi connectivity index (χ1v) is 19.6. The van der Waals surface area contributed by atoms with Gasteiger partial charge in [0.25, 0.3) is 0 Å². The average molecular weight is 543 g/mol. The molecule has 0 saturated heterocycles. The van der Waals surface area contributed by atoms with Crippen LogP contribution in [0.4, 0.5) is 0 Å². The molecule has 0 spiro atoms. The van der Waals surface area contributed by atoms with Gasteiger partial charge in [-0.1, -0.05) is 128 Å². The van der Waals surface area contributed by atoms with E-state index in [0.717, 1.165) is 12.8 Å². The van der Waals surface area contributed by atoms with Crippen molar-refractivity contribution in [2.75, 3.05) is 0 Å². The maximum absolute atomic E-state index is 11.2. The number of aliphatic hydroxyl groups excluding tert-OH is 1. The van der Waals surface area contributed by atoms with Crippen LogP contribution in [0.3, 0.4) is 0 Å². The van der Waals surface area contributed by atoms with Crippen molar-refractivity contribution in [1.29, 1.82) is 0 Å². The Bertz CT molecular complexity index is 543. The lowest BCUT2D eigenvalue weighted by Gasteiger charge is -2.49. The third-order valence-corrected chi connectivity index (χ3v) is 21.1. The fourth-order valence-corrected chi connectivity index (χ4v) is 18.3. The van der Waals surface area contributed by atoms with Crippen LogP contribution in [0.1, 0.15) is 135 Å². The van der Waals surface area contributed by atoms with Crippen LogP contribution < -0.4 is 0 Å². The molecule has 0 heterocycles. The molecule has 0 aromatic heterocycles. The highest BCUT2D eigenvalue weighted by Crippen LogP contribution is 2.46. The summed E-state index contributed by atoms with van der Waals surface area (Å²) in [4.78, 5) is 0. The molecule has 0 unspecified atom stereocenters. The van der Waals surface area contributed by atoms with Gasteiger partial charge in [-0.3, -0.25) is 0 Å². The average Bonchev–Trinajstić information content (AvgIpc) is 2.75. The van der Waals surface area contributed by atoms with E-state index in [1.165, 1.54) is 25.7 Å². The first kappa shape index (κ1) is 36.1. The third-order valence-electron chi connectivity index (χ3n) is 8.85. The van der Waals surface area contributed by atoms with Crippen LogP contribution in [0, 0.1) is 0 Å². The molecule has 5 heteroatoms. The van der Waals surface area contributed by atoms with Gasteiger partial charge in [-0.25, -0.2) is 0 Å². The first-order chi connectivity index (χ1) is 16.6. The van der Waals surface area contributed by atoms with E-state index in [9.17, 15) is 5.11 Å². The van der Waals surface area contributed by atoms with Gasteiger partial charge in [0.15, 0.2) is 0 Å². The van der Waals surface area contributed by atoms with Gasteiger partial charge in [0, 0.05) is 6.42 Å². The van der Waals surface area contributed by atoms with Gasteiger partial charge in [0.2, 0.25) is 16.6 Å². The standard InChI is InChI=1S/C31H66O3Si2/c1-15-17-18-19-20-21-29(32)22-31(34-36(26(9)10,27(11)12)28(13)14)30(16-2)33-35(23(3)4,24(5)6)25(7)8/h16,23-32H,2,15,17-22H2,1,3-14H3/t29-,30-,31+/m1/s1. The van der Waals surface area contributed by atoms with Crippen LogP contribution in [0.2, 0.25) is 33.2 Å². The SMILES string of the molecule is C=C[C@@H](O[Si](C(C)C)(C(C)C)C(C)C)[C@H](C[C@H](O)CCCCCCC)O[Si](C(C)C)(C(C)C)C(C)C. The van der Waals surface area contributed by atoms with E-state index in [2.05, 4.69) is 96.6 Å². The van der Waals surface area contributed by atoms with Crippen LogP contribution in [0.15, 0.2) is 12.7 Å². The normalized spacial score (nSPS) is 16.1. The van der Waals surface area contributed by atoms with Crippen molar-refractivity contribution >= 4 is 16.6 Å². The highest BCUT2D eigenvalue weighted by Gasteiger charge is 2.51.